The fourth-order valence-corrected chi connectivity index (χ4v) is 4.22. The van der Waals surface area contributed by atoms with Crippen molar-refractivity contribution in [3.8, 4) is 0 Å². The molecule has 4 rings (SSSR count). The standard InChI is InChI=1S/C18H21FN4O4/c1-9(24)21-5-11-6-23(18(26)27-11)10-2-3-12(15(19)4-10)16-13-7-22(17(20)25)8-14(13)16/h2-4,11,13-14,16H,5-8H2,1H3,(H2,20,25)(H,21,24)/t11-,13-,14+,16+/m0/s1. The van der Waals surface area contributed by atoms with Crippen LogP contribution in [-0.4, -0.2) is 55.2 Å². The van der Waals surface area contributed by atoms with Gasteiger partial charge in [-0.05, 0) is 35.4 Å². The zero-order chi connectivity index (χ0) is 19.3. The van der Waals surface area contributed by atoms with Crippen molar-refractivity contribution in [3.05, 3.63) is 29.6 Å². The fourth-order valence-electron chi connectivity index (χ4n) is 4.22. The molecule has 2 aliphatic heterocycles. The predicted octanol–water partition coefficient (Wildman–Crippen LogP) is 1.01. The van der Waals surface area contributed by atoms with Crippen LogP contribution < -0.4 is 16.0 Å². The van der Waals surface area contributed by atoms with Crippen molar-refractivity contribution in [3.63, 3.8) is 0 Å². The number of hydrogen-bond acceptors (Lipinski definition) is 4. The maximum absolute atomic E-state index is 14.7. The number of halogens is 1. The lowest BCUT2D eigenvalue weighted by Gasteiger charge is -2.18. The normalized spacial score (nSPS) is 28.7. The first-order chi connectivity index (χ1) is 12.8. The molecule has 3 fully saturated rings. The molecule has 1 aromatic carbocycles. The van der Waals surface area contributed by atoms with Crippen molar-refractivity contribution in [1.82, 2.24) is 10.2 Å². The lowest BCUT2D eigenvalue weighted by molar-refractivity contribution is -0.119. The summed E-state index contributed by atoms with van der Waals surface area (Å²) in [5, 5.41) is 2.60. The van der Waals surface area contributed by atoms with E-state index >= 15 is 0 Å². The van der Waals surface area contributed by atoms with Crippen LogP contribution in [0.5, 0.6) is 0 Å². The molecule has 144 valence electrons. The quantitative estimate of drug-likeness (QED) is 0.818. The molecule has 3 N–H and O–H groups in total. The number of fused-ring (bicyclic) bond motifs is 1. The number of amides is 4. The first-order valence-electron chi connectivity index (χ1n) is 8.91. The highest BCUT2D eigenvalue weighted by atomic mass is 19.1. The van der Waals surface area contributed by atoms with E-state index in [0.29, 0.717) is 24.3 Å². The van der Waals surface area contributed by atoms with Crippen LogP contribution in [0.2, 0.25) is 0 Å². The first kappa shape index (κ1) is 17.6. The van der Waals surface area contributed by atoms with E-state index in [2.05, 4.69) is 5.32 Å². The molecule has 2 heterocycles. The minimum atomic E-state index is -0.558. The van der Waals surface area contributed by atoms with Crippen LogP contribution in [-0.2, 0) is 9.53 Å². The Balaban J connectivity index is 1.42. The molecule has 0 radical (unpaired) electrons. The van der Waals surface area contributed by atoms with Crippen molar-refractivity contribution in [2.45, 2.75) is 18.9 Å². The van der Waals surface area contributed by atoms with E-state index in [1.807, 2.05) is 0 Å². The summed E-state index contributed by atoms with van der Waals surface area (Å²) >= 11 is 0. The smallest absolute Gasteiger partial charge is 0.414 e. The number of cyclic esters (lactones) is 1. The van der Waals surface area contributed by atoms with Crippen LogP contribution in [0.1, 0.15) is 18.4 Å². The third-order valence-electron chi connectivity index (χ3n) is 5.61. The van der Waals surface area contributed by atoms with Crippen LogP contribution in [0.4, 0.5) is 19.7 Å². The number of carbonyl (C=O) groups is 3. The Bertz CT molecular complexity index is 805. The number of nitrogens with two attached hydrogens (primary N) is 1. The number of nitrogens with zero attached hydrogens (tertiary/aromatic N) is 2. The number of nitrogens with one attached hydrogen (secondary N) is 1. The Labute approximate surface area is 155 Å². The SMILES string of the molecule is CC(=O)NC[C@H]1CN(c2ccc([C@H]3[C@@H]4CN(C(N)=O)C[C@@H]43)c(F)c2)C(=O)O1. The monoisotopic (exact) mass is 376 g/mol. The molecule has 3 aliphatic rings. The third kappa shape index (κ3) is 3.17. The number of ether oxygens (including phenoxy) is 1. The van der Waals surface area contributed by atoms with Gasteiger partial charge < -0.3 is 20.7 Å². The highest BCUT2D eigenvalue weighted by Crippen LogP contribution is 2.58. The van der Waals surface area contributed by atoms with Gasteiger partial charge in [-0.1, -0.05) is 6.07 Å². The van der Waals surface area contributed by atoms with Crippen molar-refractivity contribution in [1.29, 1.82) is 0 Å². The van der Waals surface area contributed by atoms with Gasteiger partial charge in [0.2, 0.25) is 5.91 Å². The summed E-state index contributed by atoms with van der Waals surface area (Å²) in [6.45, 7) is 2.99. The van der Waals surface area contributed by atoms with Gasteiger partial charge in [-0.3, -0.25) is 9.69 Å². The maximum atomic E-state index is 14.7. The lowest BCUT2D eigenvalue weighted by Crippen LogP contribution is -2.35. The number of likely N-dealkylation sites (tertiary alicyclic amines) is 1. The van der Waals surface area contributed by atoms with E-state index in [1.165, 1.54) is 17.9 Å². The van der Waals surface area contributed by atoms with E-state index in [4.69, 9.17) is 10.5 Å². The number of piperidine rings is 1. The average molecular weight is 376 g/mol. The Hall–Kier alpha value is -2.84. The van der Waals surface area contributed by atoms with Gasteiger partial charge in [-0.25, -0.2) is 14.0 Å². The lowest BCUT2D eigenvalue weighted by atomic mass is 10.1. The van der Waals surface area contributed by atoms with Gasteiger partial charge in [0.05, 0.1) is 18.8 Å². The van der Waals surface area contributed by atoms with Crippen molar-refractivity contribution in [2.75, 3.05) is 31.1 Å². The molecule has 8 nitrogen and oxygen atoms in total. The van der Waals surface area contributed by atoms with Crippen LogP contribution in [0.3, 0.4) is 0 Å². The second-order valence-electron chi connectivity index (χ2n) is 7.36. The summed E-state index contributed by atoms with van der Waals surface area (Å²) in [6, 6.07) is 4.33. The molecule has 0 spiro atoms. The molecule has 0 bridgehead atoms. The van der Waals surface area contributed by atoms with E-state index in [1.54, 1.807) is 17.0 Å². The number of anilines is 1. The van der Waals surface area contributed by atoms with Gasteiger partial charge in [-0.2, -0.15) is 0 Å². The van der Waals surface area contributed by atoms with Gasteiger partial charge >= 0.3 is 12.1 Å². The van der Waals surface area contributed by atoms with Crippen LogP contribution in [0, 0.1) is 17.7 Å². The molecule has 0 aromatic heterocycles. The predicted molar refractivity (Wildman–Crippen MR) is 93.6 cm³/mol. The van der Waals surface area contributed by atoms with Gasteiger partial charge in [0.1, 0.15) is 11.9 Å². The zero-order valence-corrected chi connectivity index (χ0v) is 14.9. The number of urea groups is 1. The number of carbonyl (C=O) groups excluding carboxylic acids is 3. The fraction of sp³-hybridized carbons (Fsp3) is 0.500. The molecule has 27 heavy (non-hydrogen) atoms. The summed E-state index contributed by atoms with van der Waals surface area (Å²) in [5.74, 6) is 0.0152. The van der Waals surface area contributed by atoms with E-state index < -0.39 is 18.2 Å². The van der Waals surface area contributed by atoms with Crippen LogP contribution >= 0.6 is 0 Å². The topological polar surface area (TPSA) is 105 Å². The molecule has 1 aromatic rings. The number of primary amides is 1. The molecule has 9 heteroatoms. The third-order valence-corrected chi connectivity index (χ3v) is 5.61. The maximum Gasteiger partial charge on any atom is 0.414 e. The molecule has 4 amide bonds. The summed E-state index contributed by atoms with van der Waals surface area (Å²) in [7, 11) is 0. The summed E-state index contributed by atoms with van der Waals surface area (Å²) < 4.78 is 19.9. The Morgan fingerprint density at radius 3 is 2.59 bits per heavy atom. The van der Waals surface area contributed by atoms with Crippen LogP contribution in [0.15, 0.2) is 18.2 Å². The van der Waals surface area contributed by atoms with E-state index in [0.717, 1.165) is 0 Å². The number of hydrogen-bond donors (Lipinski definition) is 2. The minimum absolute atomic E-state index is 0.0905. The molecule has 2 saturated heterocycles. The summed E-state index contributed by atoms with van der Waals surface area (Å²) in [4.78, 5) is 37.2. The molecular formula is C18H21FN4O4. The second-order valence-corrected chi connectivity index (χ2v) is 7.36. The number of rotatable bonds is 4. The van der Waals surface area contributed by atoms with Crippen molar-refractivity contribution < 1.29 is 23.5 Å². The Morgan fingerprint density at radius 1 is 1.30 bits per heavy atom. The van der Waals surface area contributed by atoms with Gasteiger partial charge in [0.15, 0.2) is 0 Å². The highest BCUT2D eigenvalue weighted by Gasteiger charge is 2.57. The largest absolute Gasteiger partial charge is 0.442 e. The zero-order valence-electron chi connectivity index (χ0n) is 14.9. The van der Waals surface area contributed by atoms with Gasteiger partial charge in [-0.15, -0.1) is 0 Å². The van der Waals surface area contributed by atoms with Crippen molar-refractivity contribution in [2.24, 2.45) is 17.6 Å². The molecular weight excluding hydrogens is 355 g/mol. The van der Waals surface area contributed by atoms with Crippen LogP contribution in [0.25, 0.3) is 0 Å². The molecule has 1 saturated carbocycles. The minimum Gasteiger partial charge on any atom is -0.442 e. The van der Waals surface area contributed by atoms with Gasteiger partial charge in [0, 0.05) is 20.0 Å². The molecule has 0 unspecified atom stereocenters. The Morgan fingerprint density at radius 2 is 2.00 bits per heavy atom. The second kappa shape index (κ2) is 6.40. The van der Waals surface area contributed by atoms with E-state index in [-0.39, 0.29) is 42.6 Å². The van der Waals surface area contributed by atoms with E-state index in [9.17, 15) is 18.8 Å². The van der Waals surface area contributed by atoms with Crippen molar-refractivity contribution >= 4 is 23.7 Å². The van der Waals surface area contributed by atoms with Gasteiger partial charge in [0.25, 0.3) is 0 Å². The average Bonchev–Trinajstić information content (AvgIpc) is 2.95. The first-order valence-corrected chi connectivity index (χ1v) is 8.91. The Kier molecular flexibility index (Phi) is 4.16. The highest BCUT2D eigenvalue weighted by molar-refractivity contribution is 5.89. The summed E-state index contributed by atoms with van der Waals surface area (Å²) in [6.07, 6.45) is -1.02. The number of benzene rings is 1. The molecule has 1 aliphatic carbocycles. The summed E-state index contributed by atoms with van der Waals surface area (Å²) in [5.41, 5.74) is 6.33. The molecule has 4 atom stereocenters.